The van der Waals surface area contributed by atoms with Crippen molar-refractivity contribution in [1.82, 2.24) is 15.3 Å². The second kappa shape index (κ2) is 11.9. The third-order valence-electron chi connectivity index (χ3n) is 4.39. The quantitative estimate of drug-likeness (QED) is 0.322. The summed E-state index contributed by atoms with van der Waals surface area (Å²) in [7, 11) is -2.49. The van der Waals surface area contributed by atoms with Crippen LogP contribution < -0.4 is 24.8 Å². The van der Waals surface area contributed by atoms with Crippen LogP contribution in [0.15, 0.2) is 64.2 Å². The van der Waals surface area contributed by atoms with Gasteiger partial charge in [-0.05, 0) is 61.1 Å². The minimum absolute atomic E-state index is 0.00225. The summed E-state index contributed by atoms with van der Waals surface area (Å²) >= 11 is 8.59. The number of nitrogens with one attached hydrogen (secondary N) is 3. The maximum Gasteiger partial charge on any atom is 0.263 e. The van der Waals surface area contributed by atoms with Gasteiger partial charge >= 0.3 is 0 Å². The van der Waals surface area contributed by atoms with Gasteiger partial charge in [0.05, 0.1) is 24.2 Å². The molecule has 10 nitrogen and oxygen atoms in total. The molecule has 0 aliphatic carbocycles. The molecular formula is C22H22BrN5O5S2. The highest BCUT2D eigenvalue weighted by molar-refractivity contribution is 9.10. The third kappa shape index (κ3) is 7.34. The van der Waals surface area contributed by atoms with E-state index in [0.717, 1.165) is 10.9 Å². The van der Waals surface area contributed by atoms with Gasteiger partial charge in [0.1, 0.15) is 17.9 Å². The molecule has 0 fully saturated rings. The van der Waals surface area contributed by atoms with Crippen LogP contribution in [0.5, 0.6) is 11.6 Å². The molecule has 3 aromatic rings. The molecule has 184 valence electrons. The SMILES string of the molecule is CCCOc1ccc(Br)cc1C(=O)NC(=S)Nc1ccc(S(=O)(=O)Nc2cc(OC)ncn2)cc1. The molecular weight excluding hydrogens is 558 g/mol. The first-order chi connectivity index (χ1) is 16.7. The van der Waals surface area contributed by atoms with Gasteiger partial charge in [-0.1, -0.05) is 22.9 Å². The van der Waals surface area contributed by atoms with Gasteiger partial charge in [0.15, 0.2) is 5.11 Å². The number of hydrogen-bond donors (Lipinski definition) is 3. The van der Waals surface area contributed by atoms with E-state index < -0.39 is 15.9 Å². The zero-order chi connectivity index (χ0) is 25.4. The Kier molecular flexibility index (Phi) is 8.95. The number of aromatic nitrogens is 2. The van der Waals surface area contributed by atoms with Crippen molar-refractivity contribution in [1.29, 1.82) is 0 Å². The number of carbonyl (C=O) groups excluding carboxylic acids is 1. The number of rotatable bonds is 9. The van der Waals surface area contributed by atoms with E-state index in [4.69, 9.17) is 21.7 Å². The van der Waals surface area contributed by atoms with E-state index in [1.807, 2.05) is 6.92 Å². The van der Waals surface area contributed by atoms with E-state index in [9.17, 15) is 13.2 Å². The summed E-state index contributed by atoms with van der Waals surface area (Å²) in [6, 6.07) is 12.3. The molecule has 3 rings (SSSR count). The highest BCUT2D eigenvalue weighted by Gasteiger charge is 2.17. The van der Waals surface area contributed by atoms with Crippen LogP contribution in [0, 0.1) is 0 Å². The Morgan fingerprint density at radius 1 is 1.11 bits per heavy atom. The second-order valence-electron chi connectivity index (χ2n) is 6.97. The maximum absolute atomic E-state index is 12.7. The van der Waals surface area contributed by atoms with Crippen LogP contribution in [0.3, 0.4) is 0 Å². The molecule has 0 unspecified atom stereocenters. The number of methoxy groups -OCH3 is 1. The number of halogens is 1. The molecule has 0 saturated heterocycles. The smallest absolute Gasteiger partial charge is 0.263 e. The van der Waals surface area contributed by atoms with E-state index in [1.165, 1.54) is 43.8 Å². The number of ether oxygens (including phenoxy) is 2. The van der Waals surface area contributed by atoms with Crippen molar-refractivity contribution < 1.29 is 22.7 Å². The average molecular weight is 580 g/mol. The first-order valence-electron chi connectivity index (χ1n) is 10.3. The molecule has 1 amide bonds. The number of benzene rings is 2. The molecule has 0 aliphatic heterocycles. The van der Waals surface area contributed by atoms with E-state index in [1.54, 1.807) is 18.2 Å². The zero-order valence-corrected chi connectivity index (χ0v) is 22.0. The molecule has 0 aliphatic rings. The van der Waals surface area contributed by atoms with Gasteiger partial charge < -0.3 is 14.8 Å². The zero-order valence-electron chi connectivity index (χ0n) is 18.7. The van der Waals surface area contributed by atoms with Crippen molar-refractivity contribution in [3.05, 3.63) is 64.9 Å². The standard InChI is InChI=1S/C22H22BrN5O5S2/c1-3-10-33-18-9-4-14(23)11-17(18)21(29)27-22(34)26-15-5-7-16(8-6-15)35(30,31)28-19-12-20(32-2)25-13-24-19/h4-9,11-13H,3,10H2,1-2H3,(H,24,25,28)(H2,26,27,29,34). The van der Waals surface area contributed by atoms with Crippen LogP contribution in [0.1, 0.15) is 23.7 Å². The number of carbonyl (C=O) groups is 1. The summed E-state index contributed by atoms with van der Waals surface area (Å²) in [6.07, 6.45) is 1.98. The molecule has 0 atom stereocenters. The predicted octanol–water partition coefficient (Wildman–Crippen LogP) is 3.96. The molecule has 0 saturated carbocycles. The molecule has 1 aromatic heterocycles. The van der Waals surface area contributed by atoms with Gasteiger partial charge in [0.2, 0.25) is 5.88 Å². The Balaban J connectivity index is 1.65. The summed E-state index contributed by atoms with van der Waals surface area (Å²) < 4.78 is 39.0. The van der Waals surface area contributed by atoms with Gasteiger partial charge in [-0.15, -0.1) is 0 Å². The van der Waals surface area contributed by atoms with Gasteiger partial charge in [0.25, 0.3) is 15.9 Å². The van der Waals surface area contributed by atoms with Crippen molar-refractivity contribution in [2.24, 2.45) is 0 Å². The van der Waals surface area contributed by atoms with Crippen LogP contribution in [-0.4, -0.2) is 43.1 Å². The number of thiocarbonyl (C=S) groups is 1. The molecule has 3 N–H and O–H groups in total. The lowest BCUT2D eigenvalue weighted by atomic mass is 10.2. The molecule has 13 heteroatoms. The molecule has 2 aromatic carbocycles. The van der Waals surface area contributed by atoms with E-state index in [0.29, 0.717) is 23.6 Å². The number of amides is 1. The highest BCUT2D eigenvalue weighted by atomic mass is 79.9. The summed E-state index contributed by atoms with van der Waals surface area (Å²) in [5.41, 5.74) is 0.806. The minimum Gasteiger partial charge on any atom is -0.493 e. The first kappa shape index (κ1) is 26.3. The van der Waals surface area contributed by atoms with Crippen LogP contribution >= 0.6 is 28.1 Å². The van der Waals surface area contributed by atoms with Crippen molar-refractivity contribution in [2.75, 3.05) is 23.8 Å². The van der Waals surface area contributed by atoms with Crippen molar-refractivity contribution in [2.45, 2.75) is 18.2 Å². The van der Waals surface area contributed by atoms with Gasteiger partial charge in [-0.2, -0.15) is 0 Å². The Labute approximate surface area is 216 Å². The lowest BCUT2D eigenvalue weighted by molar-refractivity contribution is 0.0973. The first-order valence-corrected chi connectivity index (χ1v) is 12.9. The van der Waals surface area contributed by atoms with Gasteiger partial charge in [-0.25, -0.2) is 18.4 Å². The monoisotopic (exact) mass is 579 g/mol. The Morgan fingerprint density at radius 2 is 1.86 bits per heavy atom. The Bertz CT molecular complexity index is 1320. The number of hydrogen-bond acceptors (Lipinski definition) is 8. The lowest BCUT2D eigenvalue weighted by Gasteiger charge is -2.13. The normalized spacial score (nSPS) is 10.8. The predicted molar refractivity (Wildman–Crippen MR) is 139 cm³/mol. The van der Waals surface area contributed by atoms with Gasteiger partial charge in [-0.3, -0.25) is 14.8 Å². The summed E-state index contributed by atoms with van der Waals surface area (Å²) in [4.78, 5) is 20.4. The number of anilines is 2. The number of sulfonamides is 1. The molecule has 1 heterocycles. The van der Waals surface area contributed by atoms with E-state index in [-0.39, 0.29) is 21.7 Å². The molecule has 0 radical (unpaired) electrons. The van der Waals surface area contributed by atoms with E-state index in [2.05, 4.69) is 41.3 Å². The van der Waals surface area contributed by atoms with Crippen molar-refractivity contribution in [3.8, 4) is 11.6 Å². The third-order valence-corrected chi connectivity index (χ3v) is 6.46. The maximum atomic E-state index is 12.7. The minimum atomic E-state index is -3.90. The van der Waals surface area contributed by atoms with Crippen LogP contribution in [0.4, 0.5) is 11.5 Å². The second-order valence-corrected chi connectivity index (χ2v) is 9.98. The molecule has 35 heavy (non-hydrogen) atoms. The largest absolute Gasteiger partial charge is 0.493 e. The summed E-state index contributed by atoms with van der Waals surface area (Å²) in [6.45, 7) is 2.44. The Morgan fingerprint density at radius 3 is 2.54 bits per heavy atom. The fraction of sp³-hybridized carbons (Fsp3) is 0.182. The lowest BCUT2D eigenvalue weighted by Crippen LogP contribution is -2.34. The average Bonchev–Trinajstić information content (AvgIpc) is 2.83. The number of nitrogens with zero attached hydrogens (tertiary/aromatic N) is 2. The van der Waals surface area contributed by atoms with Crippen LogP contribution in [0.25, 0.3) is 0 Å². The topological polar surface area (TPSA) is 132 Å². The van der Waals surface area contributed by atoms with Crippen molar-refractivity contribution in [3.63, 3.8) is 0 Å². The van der Waals surface area contributed by atoms with E-state index >= 15 is 0 Å². The van der Waals surface area contributed by atoms with Crippen LogP contribution in [0.2, 0.25) is 0 Å². The highest BCUT2D eigenvalue weighted by Crippen LogP contribution is 2.24. The van der Waals surface area contributed by atoms with Gasteiger partial charge in [0, 0.05) is 16.2 Å². The summed E-state index contributed by atoms with van der Waals surface area (Å²) in [5.74, 6) is 0.287. The van der Waals surface area contributed by atoms with Crippen LogP contribution in [-0.2, 0) is 10.0 Å². The molecule has 0 bridgehead atoms. The molecule has 0 spiro atoms. The summed E-state index contributed by atoms with van der Waals surface area (Å²) in [5, 5.41) is 5.50. The van der Waals surface area contributed by atoms with Crippen molar-refractivity contribution >= 4 is 60.7 Å². The Hall–Kier alpha value is -3.29. The fourth-order valence-corrected chi connectivity index (χ4v) is 4.34. The fourth-order valence-electron chi connectivity index (χ4n) is 2.77.